The molecule has 3 unspecified atom stereocenters. The number of hydrogen-bond acceptors (Lipinski definition) is 2. The molecular weight excluding hydrogens is 242 g/mol. The van der Waals surface area contributed by atoms with E-state index < -0.39 is 0 Å². The predicted molar refractivity (Wildman–Crippen MR) is 70.1 cm³/mol. The van der Waals surface area contributed by atoms with Gasteiger partial charge in [-0.2, -0.15) is 0 Å². The molecule has 1 heterocycles. The van der Waals surface area contributed by atoms with Gasteiger partial charge in [0.15, 0.2) is 0 Å². The van der Waals surface area contributed by atoms with Crippen molar-refractivity contribution in [1.29, 1.82) is 0 Å². The van der Waals surface area contributed by atoms with E-state index in [1.165, 1.54) is 25.7 Å². The van der Waals surface area contributed by atoms with Gasteiger partial charge in [-0.15, -0.1) is 23.4 Å². The van der Waals surface area contributed by atoms with Crippen LogP contribution in [0.4, 0.5) is 0 Å². The van der Waals surface area contributed by atoms with Gasteiger partial charge in [-0.05, 0) is 37.4 Å². The van der Waals surface area contributed by atoms with Crippen molar-refractivity contribution < 1.29 is 4.79 Å². The van der Waals surface area contributed by atoms with Crippen molar-refractivity contribution in [3.63, 3.8) is 0 Å². The molecule has 1 saturated carbocycles. The average Bonchev–Trinajstić information content (AvgIpc) is 2.83. The van der Waals surface area contributed by atoms with Crippen LogP contribution in [0, 0.1) is 5.92 Å². The van der Waals surface area contributed by atoms with Crippen LogP contribution in [0.15, 0.2) is 0 Å². The Kier molecular flexibility index (Phi) is 4.83. The third kappa shape index (κ3) is 3.07. The second kappa shape index (κ2) is 6.15. The topological polar surface area (TPSA) is 29.1 Å². The van der Waals surface area contributed by atoms with Gasteiger partial charge in [0.05, 0.1) is 5.25 Å². The molecule has 92 valence electrons. The number of rotatable bonds is 3. The lowest BCUT2D eigenvalue weighted by Gasteiger charge is -2.31. The van der Waals surface area contributed by atoms with E-state index in [1.54, 1.807) is 11.8 Å². The van der Waals surface area contributed by atoms with Gasteiger partial charge >= 0.3 is 0 Å². The predicted octanol–water partition coefficient (Wildman–Crippen LogP) is 2.80. The van der Waals surface area contributed by atoms with Crippen LogP contribution in [0.2, 0.25) is 0 Å². The molecule has 0 aromatic carbocycles. The number of hydrogen-bond donors (Lipinski definition) is 1. The number of carbonyl (C=O) groups excluding carboxylic acids is 1. The maximum Gasteiger partial charge on any atom is 0.233 e. The Balaban J connectivity index is 1.84. The molecule has 1 saturated heterocycles. The molecule has 0 aromatic rings. The summed E-state index contributed by atoms with van der Waals surface area (Å²) >= 11 is 7.76. The number of thioether (sulfide) groups is 1. The summed E-state index contributed by atoms with van der Waals surface area (Å²) in [5.74, 6) is 2.57. The molecule has 0 bridgehead atoms. The molecule has 2 fully saturated rings. The van der Waals surface area contributed by atoms with Gasteiger partial charge in [-0.25, -0.2) is 0 Å². The van der Waals surface area contributed by atoms with Crippen molar-refractivity contribution >= 4 is 29.3 Å². The molecule has 1 amide bonds. The van der Waals surface area contributed by atoms with Gasteiger partial charge in [-0.3, -0.25) is 4.79 Å². The van der Waals surface area contributed by atoms with E-state index in [0.29, 0.717) is 17.8 Å². The third-order valence-corrected chi connectivity index (χ3v) is 5.43. The smallest absolute Gasteiger partial charge is 0.233 e. The number of nitrogens with one attached hydrogen (secondary N) is 1. The minimum Gasteiger partial charge on any atom is -0.352 e. The zero-order valence-electron chi connectivity index (χ0n) is 9.58. The van der Waals surface area contributed by atoms with Crippen molar-refractivity contribution in [3.8, 4) is 0 Å². The molecule has 16 heavy (non-hydrogen) atoms. The van der Waals surface area contributed by atoms with Crippen molar-refractivity contribution in [3.05, 3.63) is 0 Å². The zero-order valence-corrected chi connectivity index (χ0v) is 11.2. The lowest BCUT2D eigenvalue weighted by atomic mass is 9.85. The Morgan fingerprint density at radius 3 is 2.75 bits per heavy atom. The van der Waals surface area contributed by atoms with Crippen LogP contribution in [0.5, 0.6) is 0 Å². The Morgan fingerprint density at radius 2 is 2.06 bits per heavy atom. The number of halogens is 1. The maximum atomic E-state index is 12.0. The molecule has 1 aliphatic heterocycles. The highest BCUT2D eigenvalue weighted by atomic mass is 35.5. The Morgan fingerprint density at radius 1 is 1.25 bits per heavy atom. The van der Waals surface area contributed by atoms with Gasteiger partial charge in [0.1, 0.15) is 0 Å². The number of carbonyl (C=O) groups is 1. The maximum absolute atomic E-state index is 12.0. The molecule has 3 atom stereocenters. The van der Waals surface area contributed by atoms with Crippen LogP contribution in [0.3, 0.4) is 0 Å². The zero-order chi connectivity index (χ0) is 11.4. The number of amides is 1. The third-order valence-electron chi connectivity index (χ3n) is 3.66. The molecular formula is C12H20ClNOS. The lowest BCUT2D eigenvalue weighted by molar-refractivity contribution is -0.121. The van der Waals surface area contributed by atoms with Crippen LogP contribution in [-0.4, -0.2) is 28.8 Å². The summed E-state index contributed by atoms with van der Waals surface area (Å²) in [5, 5.41) is 3.42. The first-order valence-corrected chi connectivity index (χ1v) is 7.87. The molecule has 0 aromatic heterocycles. The quantitative estimate of drug-likeness (QED) is 0.792. The van der Waals surface area contributed by atoms with E-state index in [9.17, 15) is 4.79 Å². The minimum atomic E-state index is 0.206. The Hall–Kier alpha value is 0.110. The van der Waals surface area contributed by atoms with E-state index in [4.69, 9.17) is 11.6 Å². The molecule has 1 aliphatic carbocycles. The second-order valence-electron chi connectivity index (χ2n) is 4.82. The van der Waals surface area contributed by atoms with Crippen LogP contribution < -0.4 is 5.32 Å². The molecule has 4 heteroatoms. The lowest BCUT2D eigenvalue weighted by Crippen LogP contribution is -2.45. The minimum absolute atomic E-state index is 0.206. The van der Waals surface area contributed by atoms with Crippen molar-refractivity contribution in [2.24, 2.45) is 5.92 Å². The van der Waals surface area contributed by atoms with Crippen LogP contribution in [0.1, 0.15) is 38.5 Å². The fourth-order valence-electron chi connectivity index (χ4n) is 2.64. The molecule has 2 rings (SSSR count). The SMILES string of the molecule is O=C(NC1CCCCC1CCl)C1CCCS1. The van der Waals surface area contributed by atoms with Crippen LogP contribution >= 0.6 is 23.4 Å². The van der Waals surface area contributed by atoms with Crippen molar-refractivity contribution in [2.75, 3.05) is 11.6 Å². The Bertz CT molecular complexity index is 243. The van der Waals surface area contributed by atoms with E-state index >= 15 is 0 Å². The van der Waals surface area contributed by atoms with E-state index in [1.807, 2.05) is 0 Å². The summed E-state index contributed by atoms with van der Waals surface area (Å²) in [6, 6.07) is 0.333. The van der Waals surface area contributed by atoms with Crippen LogP contribution in [0.25, 0.3) is 0 Å². The molecule has 0 spiro atoms. The molecule has 1 N–H and O–H groups in total. The highest BCUT2D eigenvalue weighted by molar-refractivity contribution is 8.00. The van der Waals surface area contributed by atoms with Gasteiger partial charge in [0.2, 0.25) is 5.91 Å². The fraction of sp³-hybridized carbons (Fsp3) is 0.917. The van der Waals surface area contributed by atoms with Crippen LogP contribution in [-0.2, 0) is 4.79 Å². The largest absolute Gasteiger partial charge is 0.352 e. The van der Waals surface area contributed by atoms with Crippen molar-refractivity contribution in [1.82, 2.24) is 5.32 Å². The summed E-state index contributed by atoms with van der Waals surface area (Å²) in [6.45, 7) is 0. The standard InChI is InChI=1S/C12H20ClNOS/c13-8-9-4-1-2-5-10(9)14-12(15)11-6-3-7-16-11/h9-11H,1-8H2,(H,14,15). The monoisotopic (exact) mass is 261 g/mol. The highest BCUT2D eigenvalue weighted by Gasteiger charge is 2.29. The Labute approximate surface area is 107 Å². The first kappa shape index (κ1) is 12.6. The van der Waals surface area contributed by atoms with Gasteiger partial charge < -0.3 is 5.32 Å². The summed E-state index contributed by atoms with van der Waals surface area (Å²) < 4.78 is 0. The van der Waals surface area contributed by atoms with Gasteiger partial charge in [-0.1, -0.05) is 12.8 Å². The van der Waals surface area contributed by atoms with Crippen molar-refractivity contribution in [2.45, 2.75) is 49.8 Å². The summed E-state index contributed by atoms with van der Waals surface area (Å²) in [5.41, 5.74) is 0. The number of alkyl halides is 1. The highest BCUT2D eigenvalue weighted by Crippen LogP contribution is 2.29. The van der Waals surface area contributed by atoms with Gasteiger partial charge in [0.25, 0.3) is 0 Å². The van der Waals surface area contributed by atoms with E-state index in [-0.39, 0.29) is 11.2 Å². The molecule has 2 aliphatic rings. The normalized spacial score (nSPS) is 34.9. The van der Waals surface area contributed by atoms with Gasteiger partial charge in [0, 0.05) is 11.9 Å². The second-order valence-corrected chi connectivity index (χ2v) is 6.43. The molecule has 0 radical (unpaired) electrons. The first-order chi connectivity index (χ1) is 7.81. The summed E-state index contributed by atoms with van der Waals surface area (Å²) in [7, 11) is 0. The average molecular weight is 262 g/mol. The fourth-order valence-corrected chi connectivity index (χ4v) is 4.18. The summed E-state index contributed by atoms with van der Waals surface area (Å²) in [6.07, 6.45) is 7.02. The van der Waals surface area contributed by atoms with E-state index in [0.717, 1.165) is 18.6 Å². The summed E-state index contributed by atoms with van der Waals surface area (Å²) in [4.78, 5) is 12.0. The first-order valence-electron chi connectivity index (χ1n) is 6.29. The van der Waals surface area contributed by atoms with E-state index in [2.05, 4.69) is 5.32 Å². The molecule has 2 nitrogen and oxygen atoms in total.